The van der Waals surface area contributed by atoms with Gasteiger partial charge in [0.25, 0.3) is 0 Å². The highest BCUT2D eigenvalue weighted by atomic mass is 16.5. The van der Waals surface area contributed by atoms with Gasteiger partial charge < -0.3 is 19.2 Å². The Bertz CT molecular complexity index is 856. The Labute approximate surface area is 126 Å². The van der Waals surface area contributed by atoms with E-state index >= 15 is 0 Å². The van der Waals surface area contributed by atoms with Gasteiger partial charge in [-0.2, -0.15) is 0 Å². The average Bonchev–Trinajstić information content (AvgIpc) is 2.52. The lowest BCUT2D eigenvalue weighted by Gasteiger charge is -2.10. The van der Waals surface area contributed by atoms with Crippen LogP contribution in [-0.2, 0) is 6.61 Å². The van der Waals surface area contributed by atoms with E-state index in [9.17, 15) is 14.8 Å². The third-order valence-electron chi connectivity index (χ3n) is 3.32. The van der Waals surface area contributed by atoms with E-state index in [1.165, 1.54) is 6.07 Å². The van der Waals surface area contributed by atoms with Crippen molar-refractivity contribution in [1.82, 2.24) is 0 Å². The number of hydrogen-bond acceptors (Lipinski definition) is 5. The molecule has 0 atom stereocenters. The van der Waals surface area contributed by atoms with Gasteiger partial charge in [-0.05, 0) is 29.2 Å². The predicted octanol–water partition coefficient (Wildman–Crippen LogP) is 1.05. The van der Waals surface area contributed by atoms with Crippen LogP contribution in [0.4, 0.5) is 0 Å². The third-order valence-corrected chi connectivity index (χ3v) is 3.32. The summed E-state index contributed by atoms with van der Waals surface area (Å²) in [5.41, 5.74) is 1.10. The highest BCUT2D eigenvalue weighted by Crippen LogP contribution is 2.20. The number of hydrogen-bond donors (Lipinski definition) is 2. The van der Waals surface area contributed by atoms with E-state index in [0.29, 0.717) is 22.4 Å². The lowest BCUT2D eigenvalue weighted by molar-refractivity contribution is 0.306. The minimum atomic E-state index is -1.55. The summed E-state index contributed by atoms with van der Waals surface area (Å²) in [5, 5.41) is 19.5. The van der Waals surface area contributed by atoms with Crippen molar-refractivity contribution in [3.63, 3.8) is 0 Å². The van der Waals surface area contributed by atoms with E-state index in [1.807, 2.05) is 0 Å². The second-order valence-corrected chi connectivity index (χ2v) is 4.82. The fourth-order valence-corrected chi connectivity index (χ4v) is 2.21. The molecule has 1 heterocycles. The zero-order valence-electron chi connectivity index (χ0n) is 11.6. The maximum absolute atomic E-state index is 11.2. The van der Waals surface area contributed by atoms with Gasteiger partial charge in [-0.1, -0.05) is 24.3 Å². The molecule has 110 valence electrons. The minimum absolute atomic E-state index is 0.177. The van der Waals surface area contributed by atoms with Gasteiger partial charge >= 0.3 is 12.7 Å². The molecule has 0 aliphatic rings. The maximum Gasteiger partial charge on any atom is 0.488 e. The quantitative estimate of drug-likeness (QED) is 0.556. The van der Waals surface area contributed by atoms with Crippen LogP contribution in [0.25, 0.3) is 11.0 Å². The average molecular weight is 296 g/mol. The van der Waals surface area contributed by atoms with Gasteiger partial charge in [0.05, 0.1) is 0 Å². The summed E-state index contributed by atoms with van der Waals surface area (Å²) in [6, 6.07) is 15.1. The third kappa shape index (κ3) is 3.03. The van der Waals surface area contributed by atoms with Crippen LogP contribution >= 0.6 is 0 Å². The first-order valence-corrected chi connectivity index (χ1v) is 6.74. The van der Waals surface area contributed by atoms with Gasteiger partial charge in [0, 0.05) is 17.5 Å². The Hall–Kier alpha value is -2.57. The van der Waals surface area contributed by atoms with Crippen LogP contribution in [0.5, 0.6) is 5.75 Å². The monoisotopic (exact) mass is 296 g/mol. The molecule has 1 aromatic heterocycles. The molecule has 3 aromatic rings. The number of rotatable bonds is 4. The van der Waals surface area contributed by atoms with Gasteiger partial charge in [0.15, 0.2) is 0 Å². The summed E-state index contributed by atoms with van der Waals surface area (Å²) in [4.78, 5) is 11.2. The van der Waals surface area contributed by atoms with Gasteiger partial charge in [0.1, 0.15) is 17.9 Å². The fraction of sp³-hybridized carbons (Fsp3) is 0.0625. The molecule has 6 heteroatoms. The molecule has 0 aliphatic carbocycles. The summed E-state index contributed by atoms with van der Waals surface area (Å²) in [6.45, 7) is 0.177. The molecule has 22 heavy (non-hydrogen) atoms. The Balaban J connectivity index is 1.84. The largest absolute Gasteiger partial charge is 0.489 e. The summed E-state index contributed by atoms with van der Waals surface area (Å²) >= 11 is 0. The predicted molar refractivity (Wildman–Crippen MR) is 83.1 cm³/mol. The van der Waals surface area contributed by atoms with Crippen LogP contribution < -0.4 is 15.8 Å². The normalized spacial score (nSPS) is 10.6. The molecule has 3 rings (SSSR count). The second kappa shape index (κ2) is 6.05. The fourth-order valence-electron chi connectivity index (χ4n) is 2.21. The molecule has 0 amide bonds. The van der Waals surface area contributed by atoms with E-state index in [4.69, 9.17) is 9.15 Å². The Morgan fingerprint density at radius 3 is 2.64 bits per heavy atom. The van der Waals surface area contributed by atoms with Crippen LogP contribution in [-0.4, -0.2) is 17.2 Å². The molecule has 5 nitrogen and oxygen atoms in total. The standard InChI is InChI=1S/C16H13BO5/c18-16-8-6-11-5-7-13(9-15(11)22-16)21-10-12-3-1-2-4-14(12)17(19)20/h1-9,19-20H,10H2. The summed E-state index contributed by atoms with van der Waals surface area (Å²) in [6.07, 6.45) is 0. The first-order valence-electron chi connectivity index (χ1n) is 6.74. The van der Waals surface area contributed by atoms with Crippen molar-refractivity contribution in [2.75, 3.05) is 0 Å². The SMILES string of the molecule is O=c1ccc2ccc(OCc3ccccc3B(O)O)cc2o1. The van der Waals surface area contributed by atoms with Crippen molar-refractivity contribution < 1.29 is 19.2 Å². The van der Waals surface area contributed by atoms with Gasteiger partial charge in [-0.25, -0.2) is 4.79 Å². The van der Waals surface area contributed by atoms with Crippen LogP contribution in [0.2, 0.25) is 0 Å². The zero-order chi connectivity index (χ0) is 15.5. The van der Waals surface area contributed by atoms with Crippen molar-refractivity contribution in [2.24, 2.45) is 0 Å². The van der Waals surface area contributed by atoms with E-state index in [0.717, 1.165) is 5.39 Å². The molecule has 0 spiro atoms. The Morgan fingerprint density at radius 1 is 1.05 bits per heavy atom. The maximum atomic E-state index is 11.2. The first-order chi connectivity index (χ1) is 10.6. The van der Waals surface area contributed by atoms with Crippen molar-refractivity contribution >= 4 is 23.6 Å². The zero-order valence-corrected chi connectivity index (χ0v) is 11.6. The smallest absolute Gasteiger partial charge is 0.488 e. The summed E-state index contributed by atoms with van der Waals surface area (Å²) in [7, 11) is -1.55. The van der Waals surface area contributed by atoms with E-state index in [2.05, 4.69) is 0 Å². The molecule has 0 radical (unpaired) electrons. The highest BCUT2D eigenvalue weighted by molar-refractivity contribution is 6.59. The second-order valence-electron chi connectivity index (χ2n) is 4.82. The molecule has 0 fully saturated rings. The minimum Gasteiger partial charge on any atom is -0.489 e. The van der Waals surface area contributed by atoms with E-state index < -0.39 is 12.7 Å². The number of benzene rings is 2. The van der Waals surface area contributed by atoms with Crippen molar-refractivity contribution in [1.29, 1.82) is 0 Å². The lowest BCUT2D eigenvalue weighted by Crippen LogP contribution is -2.33. The van der Waals surface area contributed by atoms with Gasteiger partial charge in [-0.15, -0.1) is 0 Å². The molecular formula is C16H13BO5. The van der Waals surface area contributed by atoms with Crippen molar-refractivity contribution in [3.8, 4) is 5.75 Å². The molecule has 0 unspecified atom stereocenters. The van der Waals surface area contributed by atoms with Crippen molar-refractivity contribution in [2.45, 2.75) is 6.61 Å². The molecule has 2 aromatic carbocycles. The molecular weight excluding hydrogens is 283 g/mol. The van der Waals surface area contributed by atoms with Crippen molar-refractivity contribution in [3.05, 3.63) is 70.6 Å². The molecule has 0 bridgehead atoms. The van der Waals surface area contributed by atoms with E-state index in [-0.39, 0.29) is 6.61 Å². The molecule has 0 saturated carbocycles. The molecule has 0 aliphatic heterocycles. The topological polar surface area (TPSA) is 79.9 Å². The van der Waals surface area contributed by atoms with Crippen LogP contribution in [0.15, 0.2) is 63.8 Å². The van der Waals surface area contributed by atoms with Crippen LogP contribution in [0, 0.1) is 0 Å². The van der Waals surface area contributed by atoms with Crippen LogP contribution in [0.1, 0.15) is 5.56 Å². The van der Waals surface area contributed by atoms with E-state index in [1.54, 1.807) is 48.5 Å². The van der Waals surface area contributed by atoms with Crippen LogP contribution in [0.3, 0.4) is 0 Å². The Kier molecular flexibility index (Phi) is 3.95. The molecule has 2 N–H and O–H groups in total. The summed E-state index contributed by atoms with van der Waals surface area (Å²) < 4.78 is 10.7. The first kappa shape index (κ1) is 14.4. The Morgan fingerprint density at radius 2 is 1.82 bits per heavy atom. The van der Waals surface area contributed by atoms with Gasteiger partial charge in [0.2, 0.25) is 0 Å². The number of ether oxygens (including phenoxy) is 1. The number of fused-ring (bicyclic) bond motifs is 1. The lowest BCUT2D eigenvalue weighted by atomic mass is 9.77. The summed E-state index contributed by atoms with van der Waals surface area (Å²) in [5.74, 6) is 0.532. The van der Waals surface area contributed by atoms with Gasteiger partial charge in [-0.3, -0.25) is 0 Å². The molecule has 0 saturated heterocycles. The highest BCUT2D eigenvalue weighted by Gasteiger charge is 2.15.